The highest BCUT2D eigenvalue weighted by Crippen LogP contribution is 2.59. The fourth-order valence-electron chi connectivity index (χ4n) is 8.12. The first-order valence-electron chi connectivity index (χ1n) is 13.4. The third kappa shape index (κ3) is 5.36. The van der Waals surface area contributed by atoms with E-state index in [-0.39, 0.29) is 11.3 Å². The summed E-state index contributed by atoms with van der Waals surface area (Å²) in [7, 11) is -3.14. The zero-order valence-corrected chi connectivity index (χ0v) is 22.1. The number of nitrogens with zero attached hydrogens (tertiary/aromatic N) is 2. The number of carbonyl (C=O) groups excluding carboxylic acids is 1. The minimum Gasteiger partial charge on any atom is -0.390 e. The molecular formula is C26H46N2O4S. The number of piperazine rings is 1. The maximum Gasteiger partial charge on any atom is 0.211 e. The average molecular weight is 483 g/mol. The molecule has 1 heterocycles. The van der Waals surface area contributed by atoms with Gasteiger partial charge in [0.05, 0.1) is 18.4 Å². The highest BCUT2D eigenvalue weighted by atomic mass is 32.2. The summed E-state index contributed by atoms with van der Waals surface area (Å²) < 4.78 is 25.1. The Hall–Kier alpha value is -0.500. The van der Waals surface area contributed by atoms with Gasteiger partial charge in [0.2, 0.25) is 10.0 Å². The van der Waals surface area contributed by atoms with Crippen LogP contribution in [-0.4, -0.2) is 73.1 Å². The van der Waals surface area contributed by atoms with Gasteiger partial charge in [-0.2, -0.15) is 4.31 Å². The number of hydrogen-bond donors (Lipinski definition) is 1. The summed E-state index contributed by atoms with van der Waals surface area (Å²) in [4.78, 5) is 15.6. The van der Waals surface area contributed by atoms with E-state index in [2.05, 4.69) is 18.7 Å². The highest BCUT2D eigenvalue weighted by Gasteiger charge is 2.53. The number of hydrogen-bond acceptors (Lipinski definition) is 5. The van der Waals surface area contributed by atoms with Crippen LogP contribution in [-0.2, 0) is 14.8 Å². The summed E-state index contributed by atoms with van der Waals surface area (Å²) in [5.74, 6) is 3.30. The second-order valence-electron chi connectivity index (χ2n) is 12.3. The van der Waals surface area contributed by atoms with Gasteiger partial charge in [-0.3, -0.25) is 9.69 Å². The van der Waals surface area contributed by atoms with Gasteiger partial charge in [0.1, 0.15) is 5.78 Å². The third-order valence-corrected chi connectivity index (χ3v) is 11.5. The molecule has 0 aromatic heterocycles. The first kappa shape index (κ1) is 25.6. The lowest BCUT2D eigenvalue weighted by atomic mass is 9.56. The monoisotopic (exact) mass is 482 g/mol. The van der Waals surface area contributed by atoms with Crippen LogP contribution in [0, 0.1) is 35.0 Å². The van der Waals surface area contributed by atoms with Crippen LogP contribution < -0.4 is 0 Å². The Morgan fingerprint density at radius 3 is 2.36 bits per heavy atom. The highest BCUT2D eigenvalue weighted by molar-refractivity contribution is 7.88. The van der Waals surface area contributed by atoms with Crippen molar-refractivity contribution in [3.8, 4) is 0 Å². The van der Waals surface area contributed by atoms with Crippen LogP contribution in [0.3, 0.4) is 0 Å². The van der Waals surface area contributed by atoms with Gasteiger partial charge >= 0.3 is 0 Å². The molecule has 3 aliphatic carbocycles. The number of sulfonamides is 1. The van der Waals surface area contributed by atoms with Gasteiger partial charge < -0.3 is 5.11 Å². The van der Waals surface area contributed by atoms with Crippen molar-refractivity contribution in [3.63, 3.8) is 0 Å². The fourth-order valence-corrected chi connectivity index (χ4v) is 8.95. The molecule has 4 aliphatic rings. The van der Waals surface area contributed by atoms with E-state index >= 15 is 0 Å². The molecule has 0 aromatic rings. The second-order valence-corrected chi connectivity index (χ2v) is 14.3. The van der Waals surface area contributed by atoms with Gasteiger partial charge in [0, 0.05) is 32.1 Å². The van der Waals surface area contributed by atoms with Crippen LogP contribution in [0.4, 0.5) is 0 Å². The molecule has 33 heavy (non-hydrogen) atoms. The normalized spacial score (nSPS) is 43.4. The van der Waals surface area contributed by atoms with Crippen LogP contribution in [0.1, 0.15) is 78.6 Å². The van der Waals surface area contributed by atoms with E-state index < -0.39 is 15.6 Å². The predicted molar refractivity (Wildman–Crippen MR) is 131 cm³/mol. The third-order valence-electron chi connectivity index (χ3n) is 10.2. The van der Waals surface area contributed by atoms with Gasteiger partial charge in [-0.15, -0.1) is 0 Å². The van der Waals surface area contributed by atoms with Crippen LogP contribution in [0.25, 0.3) is 0 Å². The van der Waals surface area contributed by atoms with Gasteiger partial charge in [0.15, 0.2) is 0 Å². The Labute approximate surface area is 201 Å². The topological polar surface area (TPSA) is 77.9 Å². The maximum atomic E-state index is 13.4. The molecule has 0 radical (unpaired) electrons. The number of Topliss-reactive ketones (excluding diaryl/α,β-unsaturated/α-hetero) is 1. The lowest BCUT2D eigenvalue weighted by molar-refractivity contribution is -0.129. The molecule has 190 valence electrons. The summed E-state index contributed by atoms with van der Waals surface area (Å²) >= 11 is 0. The molecule has 7 heteroatoms. The number of fused-ring (bicyclic) bond motifs is 1. The molecule has 7 unspecified atom stereocenters. The summed E-state index contributed by atoms with van der Waals surface area (Å²) in [6.07, 6.45) is 11.3. The smallest absolute Gasteiger partial charge is 0.211 e. The molecule has 3 saturated carbocycles. The van der Waals surface area contributed by atoms with E-state index in [1.54, 1.807) is 0 Å². The average Bonchev–Trinajstić information content (AvgIpc) is 3.09. The van der Waals surface area contributed by atoms with E-state index in [0.29, 0.717) is 50.3 Å². The molecule has 1 saturated heterocycles. The molecule has 7 atom stereocenters. The molecule has 0 spiro atoms. The number of aliphatic hydroxyl groups is 1. The minimum atomic E-state index is -3.14. The van der Waals surface area contributed by atoms with E-state index in [4.69, 9.17) is 0 Å². The van der Waals surface area contributed by atoms with Gasteiger partial charge in [-0.1, -0.05) is 20.3 Å². The van der Waals surface area contributed by atoms with Gasteiger partial charge in [-0.25, -0.2) is 8.42 Å². The Kier molecular flexibility index (Phi) is 7.38. The van der Waals surface area contributed by atoms with Crippen molar-refractivity contribution in [1.29, 1.82) is 0 Å². The van der Waals surface area contributed by atoms with Crippen molar-refractivity contribution in [2.45, 2.75) is 84.2 Å². The van der Waals surface area contributed by atoms with Crippen LogP contribution in [0.5, 0.6) is 0 Å². The van der Waals surface area contributed by atoms with Crippen molar-refractivity contribution in [1.82, 2.24) is 9.21 Å². The molecule has 4 rings (SSSR count). The molecule has 6 nitrogen and oxygen atoms in total. The lowest BCUT2D eigenvalue weighted by Gasteiger charge is -2.49. The molecule has 0 amide bonds. The maximum absolute atomic E-state index is 13.4. The molecule has 1 N–H and O–H groups in total. The van der Waals surface area contributed by atoms with Crippen LogP contribution in [0.2, 0.25) is 0 Å². The van der Waals surface area contributed by atoms with Crippen molar-refractivity contribution in [2.24, 2.45) is 35.0 Å². The number of carbonyl (C=O) groups is 1. The Morgan fingerprint density at radius 1 is 1.03 bits per heavy atom. The molecule has 4 fully saturated rings. The number of ketones is 1. The molecule has 0 aromatic carbocycles. The van der Waals surface area contributed by atoms with Crippen molar-refractivity contribution in [3.05, 3.63) is 0 Å². The first-order chi connectivity index (χ1) is 15.4. The quantitative estimate of drug-likeness (QED) is 0.627. The van der Waals surface area contributed by atoms with Crippen molar-refractivity contribution in [2.75, 3.05) is 39.0 Å². The van der Waals surface area contributed by atoms with E-state index in [0.717, 1.165) is 50.4 Å². The SMILES string of the molecule is CCC1CC(C)(O)CCC1C1CCC2(C)C(CCC2C(=O)CN2CCN(S(C)(=O)=O)CC2)C1. The molecule has 0 bridgehead atoms. The standard InChI is InChI=1S/C26H46N2O4S/c1-5-19-17-25(2,30)10-9-22(19)20-8-11-26(3)21(16-20)6-7-23(26)24(29)18-27-12-14-28(15-13-27)33(4,31)32/h19-23,30H,5-18H2,1-4H3. The van der Waals surface area contributed by atoms with E-state index in [9.17, 15) is 18.3 Å². The largest absolute Gasteiger partial charge is 0.390 e. The Bertz CT molecular complexity index is 820. The van der Waals surface area contributed by atoms with E-state index in [1.807, 2.05) is 6.92 Å². The first-order valence-corrected chi connectivity index (χ1v) is 15.2. The Morgan fingerprint density at radius 2 is 1.73 bits per heavy atom. The van der Waals surface area contributed by atoms with Gasteiger partial charge in [-0.05, 0) is 87.4 Å². The van der Waals surface area contributed by atoms with Crippen LogP contribution in [0.15, 0.2) is 0 Å². The molecule has 1 aliphatic heterocycles. The number of rotatable bonds is 6. The summed E-state index contributed by atoms with van der Waals surface area (Å²) in [6, 6.07) is 0. The Balaban J connectivity index is 1.34. The zero-order chi connectivity index (χ0) is 24.0. The second kappa shape index (κ2) is 9.51. The van der Waals surface area contributed by atoms with Crippen LogP contribution >= 0.6 is 0 Å². The minimum absolute atomic E-state index is 0.129. The van der Waals surface area contributed by atoms with Crippen molar-refractivity contribution < 1.29 is 18.3 Å². The van der Waals surface area contributed by atoms with Gasteiger partial charge in [0.25, 0.3) is 0 Å². The summed E-state index contributed by atoms with van der Waals surface area (Å²) in [6.45, 7) is 9.44. The lowest BCUT2D eigenvalue weighted by Crippen LogP contribution is -2.51. The van der Waals surface area contributed by atoms with Crippen molar-refractivity contribution >= 4 is 15.8 Å². The zero-order valence-electron chi connectivity index (χ0n) is 21.3. The van der Waals surface area contributed by atoms with E-state index in [1.165, 1.54) is 29.8 Å². The molecular weight excluding hydrogens is 436 g/mol. The predicted octanol–water partition coefficient (Wildman–Crippen LogP) is 3.54. The summed E-state index contributed by atoms with van der Waals surface area (Å²) in [5.41, 5.74) is -0.359. The summed E-state index contributed by atoms with van der Waals surface area (Å²) in [5, 5.41) is 10.6. The fraction of sp³-hybridized carbons (Fsp3) is 0.962.